The number of nitrogens with zero attached hydrogens (tertiary/aromatic N) is 3. The minimum Gasteiger partial charge on any atom is -0.444 e. The Morgan fingerprint density at radius 1 is 1.29 bits per heavy atom. The van der Waals surface area contributed by atoms with Crippen LogP contribution in [0.5, 0.6) is 0 Å². The Hall–Kier alpha value is -1.79. The number of ether oxygens (including phenoxy) is 1. The van der Waals surface area contributed by atoms with Gasteiger partial charge in [-0.1, -0.05) is 19.0 Å². The van der Waals surface area contributed by atoms with Gasteiger partial charge in [0.25, 0.3) is 0 Å². The van der Waals surface area contributed by atoms with Gasteiger partial charge in [-0.25, -0.2) is 4.79 Å². The van der Waals surface area contributed by atoms with Crippen LogP contribution in [-0.2, 0) is 9.53 Å². The number of likely N-dealkylation sites (N-methyl/N-ethyl adjacent to an activating group) is 1. The van der Waals surface area contributed by atoms with E-state index in [1.165, 1.54) is 4.90 Å². The van der Waals surface area contributed by atoms with Gasteiger partial charge in [-0.15, -0.1) is 0 Å². The fourth-order valence-corrected chi connectivity index (χ4v) is 2.63. The van der Waals surface area contributed by atoms with E-state index in [9.17, 15) is 9.59 Å². The third-order valence-electron chi connectivity index (χ3n) is 3.92. The normalized spacial score (nSPS) is 16.8. The molecule has 0 bridgehead atoms. The first kappa shape index (κ1) is 20.3. The Labute approximate surface area is 144 Å². The molecule has 24 heavy (non-hydrogen) atoms. The molecule has 1 aliphatic rings. The number of amides is 2. The number of carbonyl (C=O) groups excluding carboxylic acids is 2. The van der Waals surface area contributed by atoms with Crippen LogP contribution in [0.2, 0.25) is 0 Å². The molecular formula is C17H31N3O4. The van der Waals surface area contributed by atoms with Crippen LogP contribution in [0.15, 0.2) is 5.16 Å². The molecule has 7 nitrogen and oxygen atoms in total. The predicted octanol–water partition coefficient (Wildman–Crippen LogP) is 2.72. The Morgan fingerprint density at radius 2 is 1.83 bits per heavy atom. The molecule has 0 spiro atoms. The summed E-state index contributed by atoms with van der Waals surface area (Å²) in [6.45, 7) is 10.5. The van der Waals surface area contributed by atoms with Gasteiger partial charge in [0.05, 0.1) is 5.71 Å². The zero-order valence-corrected chi connectivity index (χ0v) is 15.7. The topological polar surface area (TPSA) is 82.4 Å². The molecule has 1 heterocycles. The highest BCUT2D eigenvalue weighted by molar-refractivity contribution is 5.89. The lowest BCUT2D eigenvalue weighted by Crippen LogP contribution is -2.52. The van der Waals surface area contributed by atoms with E-state index in [1.54, 1.807) is 32.7 Å². The van der Waals surface area contributed by atoms with Gasteiger partial charge in [0.2, 0.25) is 5.91 Å². The molecule has 0 unspecified atom stereocenters. The van der Waals surface area contributed by atoms with Crippen LogP contribution in [0.1, 0.15) is 53.9 Å². The highest BCUT2D eigenvalue weighted by atomic mass is 16.6. The number of piperidine rings is 1. The van der Waals surface area contributed by atoms with E-state index in [1.807, 2.05) is 13.8 Å². The van der Waals surface area contributed by atoms with Crippen molar-refractivity contribution in [1.29, 1.82) is 0 Å². The number of hydrogen-bond acceptors (Lipinski definition) is 5. The average Bonchev–Trinajstić information content (AvgIpc) is 2.49. The highest BCUT2D eigenvalue weighted by Gasteiger charge is 2.34. The summed E-state index contributed by atoms with van der Waals surface area (Å²) in [5, 5.41) is 12.1. The summed E-state index contributed by atoms with van der Waals surface area (Å²) in [6.07, 6.45) is 1.21. The van der Waals surface area contributed by atoms with Crippen molar-refractivity contribution in [2.24, 2.45) is 11.1 Å². The van der Waals surface area contributed by atoms with E-state index in [-0.39, 0.29) is 11.8 Å². The number of hydrogen-bond donors (Lipinski definition) is 1. The summed E-state index contributed by atoms with van der Waals surface area (Å²) in [5.41, 5.74) is 0.106. The Kier molecular flexibility index (Phi) is 7.05. The third kappa shape index (κ3) is 6.02. The van der Waals surface area contributed by atoms with Gasteiger partial charge >= 0.3 is 6.09 Å². The van der Waals surface area contributed by atoms with Crippen molar-refractivity contribution < 1.29 is 19.5 Å². The van der Waals surface area contributed by atoms with Crippen molar-refractivity contribution in [3.05, 3.63) is 0 Å². The summed E-state index contributed by atoms with van der Waals surface area (Å²) in [6, 6.07) is -0.549. The van der Waals surface area contributed by atoms with E-state index >= 15 is 0 Å². The number of carbonyl (C=O) groups is 2. The van der Waals surface area contributed by atoms with Gasteiger partial charge in [0.1, 0.15) is 11.6 Å². The summed E-state index contributed by atoms with van der Waals surface area (Å²) in [4.78, 5) is 28.4. The summed E-state index contributed by atoms with van der Waals surface area (Å²) >= 11 is 0. The van der Waals surface area contributed by atoms with Crippen molar-refractivity contribution in [2.75, 3.05) is 20.1 Å². The molecule has 0 aromatic rings. The first-order valence-corrected chi connectivity index (χ1v) is 8.49. The first-order valence-electron chi connectivity index (χ1n) is 8.49. The zero-order chi connectivity index (χ0) is 18.5. The van der Waals surface area contributed by atoms with Crippen molar-refractivity contribution in [1.82, 2.24) is 9.80 Å². The average molecular weight is 341 g/mol. The quantitative estimate of drug-likeness (QED) is 0.629. The van der Waals surface area contributed by atoms with E-state index in [2.05, 4.69) is 5.16 Å². The molecular weight excluding hydrogens is 310 g/mol. The lowest BCUT2D eigenvalue weighted by Gasteiger charge is -2.36. The zero-order valence-electron chi connectivity index (χ0n) is 15.7. The Balaban J connectivity index is 2.84. The van der Waals surface area contributed by atoms with E-state index < -0.39 is 17.7 Å². The van der Waals surface area contributed by atoms with Crippen molar-refractivity contribution in [3.63, 3.8) is 0 Å². The maximum atomic E-state index is 12.9. The molecule has 0 aromatic carbocycles. The molecule has 1 aliphatic heterocycles. The fraction of sp³-hybridized carbons (Fsp3) is 0.824. The monoisotopic (exact) mass is 341 g/mol. The first-order chi connectivity index (χ1) is 11.0. The van der Waals surface area contributed by atoms with Gasteiger partial charge in [0, 0.05) is 33.0 Å². The molecule has 0 saturated carbocycles. The van der Waals surface area contributed by atoms with Crippen LogP contribution in [0.25, 0.3) is 0 Å². The van der Waals surface area contributed by atoms with Crippen LogP contribution in [0, 0.1) is 5.92 Å². The molecule has 0 aliphatic carbocycles. The molecule has 0 aromatic heterocycles. The van der Waals surface area contributed by atoms with Crippen LogP contribution in [0.4, 0.5) is 4.79 Å². The van der Waals surface area contributed by atoms with Crippen molar-refractivity contribution in [2.45, 2.75) is 65.5 Å². The lowest BCUT2D eigenvalue weighted by molar-refractivity contribution is -0.137. The second-order valence-corrected chi connectivity index (χ2v) is 7.73. The van der Waals surface area contributed by atoms with Crippen molar-refractivity contribution in [3.8, 4) is 0 Å². The summed E-state index contributed by atoms with van der Waals surface area (Å²) in [5.74, 6) is 0.192. The predicted molar refractivity (Wildman–Crippen MR) is 92.3 cm³/mol. The minimum atomic E-state index is -0.603. The molecule has 7 heteroatoms. The van der Waals surface area contributed by atoms with Crippen LogP contribution < -0.4 is 0 Å². The number of rotatable bonds is 4. The third-order valence-corrected chi connectivity index (χ3v) is 3.92. The fourth-order valence-electron chi connectivity index (χ4n) is 2.63. The van der Waals surface area contributed by atoms with Crippen molar-refractivity contribution >= 4 is 17.7 Å². The van der Waals surface area contributed by atoms with Crippen LogP contribution >= 0.6 is 0 Å². The van der Waals surface area contributed by atoms with E-state index in [0.717, 1.165) is 0 Å². The summed E-state index contributed by atoms with van der Waals surface area (Å²) < 4.78 is 5.40. The highest BCUT2D eigenvalue weighted by Crippen LogP contribution is 2.19. The van der Waals surface area contributed by atoms with Gasteiger partial charge in [0.15, 0.2) is 0 Å². The summed E-state index contributed by atoms with van der Waals surface area (Å²) in [7, 11) is 1.61. The largest absolute Gasteiger partial charge is 0.444 e. The maximum absolute atomic E-state index is 12.9. The molecule has 1 atom stereocenters. The molecule has 1 rings (SSSR count). The molecule has 1 saturated heterocycles. The Morgan fingerprint density at radius 3 is 2.25 bits per heavy atom. The molecule has 2 amide bonds. The van der Waals surface area contributed by atoms with E-state index in [0.29, 0.717) is 38.1 Å². The van der Waals surface area contributed by atoms with Gasteiger partial charge in [-0.05, 0) is 33.1 Å². The van der Waals surface area contributed by atoms with Crippen LogP contribution in [0.3, 0.4) is 0 Å². The van der Waals surface area contributed by atoms with E-state index in [4.69, 9.17) is 9.94 Å². The molecule has 1 N–H and O–H groups in total. The maximum Gasteiger partial charge on any atom is 0.410 e. The van der Waals surface area contributed by atoms with Gasteiger partial charge in [-0.2, -0.15) is 0 Å². The molecule has 1 fully saturated rings. The number of likely N-dealkylation sites (tertiary alicyclic amines) is 1. The SMILES string of the molecule is CC(C)C[C@@H](C(=O)N1CCC(=NO)CC1)N(C)C(=O)OC(C)(C)C. The molecule has 0 radical (unpaired) electrons. The Bertz CT molecular complexity index is 473. The van der Waals surface area contributed by atoms with Crippen LogP contribution in [-0.4, -0.2) is 64.5 Å². The van der Waals surface area contributed by atoms with Gasteiger partial charge in [-0.3, -0.25) is 9.69 Å². The second kappa shape index (κ2) is 8.35. The molecule has 138 valence electrons. The second-order valence-electron chi connectivity index (χ2n) is 7.73. The smallest absolute Gasteiger partial charge is 0.410 e. The number of oxime groups is 1. The standard InChI is InChI=1S/C17H31N3O4/c1-12(2)11-14(19(6)16(22)24-17(3,4)5)15(21)20-9-7-13(18-23)8-10-20/h12,14,23H,7-11H2,1-6H3/t14-/m0/s1. The minimum absolute atomic E-state index is 0.0750. The lowest BCUT2D eigenvalue weighted by atomic mass is 10.00. The van der Waals surface area contributed by atoms with Gasteiger partial charge < -0.3 is 14.8 Å².